The lowest BCUT2D eigenvalue weighted by Crippen LogP contribution is -2.10. The largest absolute Gasteiger partial charge is 0.458 e. The standard InChI is InChI=1S/C10H10F3NO2/c1-6(16-7(2)15)8-3-4-9(14-5-8)10(11,12)13/h3-6H,1-2H3. The van der Waals surface area contributed by atoms with Crippen LogP contribution in [0.5, 0.6) is 0 Å². The number of hydrogen-bond donors (Lipinski definition) is 0. The van der Waals surface area contributed by atoms with Crippen LogP contribution in [0.25, 0.3) is 0 Å². The van der Waals surface area contributed by atoms with Gasteiger partial charge in [0.25, 0.3) is 0 Å². The minimum absolute atomic E-state index is 0.420. The number of ether oxygens (including phenoxy) is 1. The van der Waals surface area contributed by atoms with Gasteiger partial charge in [-0.3, -0.25) is 9.78 Å². The SMILES string of the molecule is CC(=O)OC(C)c1ccc(C(F)(F)F)nc1. The van der Waals surface area contributed by atoms with Crippen LogP contribution in [-0.4, -0.2) is 11.0 Å². The number of pyridine rings is 1. The van der Waals surface area contributed by atoms with Crippen LogP contribution >= 0.6 is 0 Å². The number of carbonyl (C=O) groups excluding carboxylic acids is 1. The Labute approximate surface area is 90.2 Å². The number of aromatic nitrogens is 1. The Balaban J connectivity index is 2.83. The minimum Gasteiger partial charge on any atom is -0.458 e. The zero-order valence-corrected chi connectivity index (χ0v) is 8.71. The maximum atomic E-state index is 12.2. The molecule has 0 spiro atoms. The van der Waals surface area contributed by atoms with Gasteiger partial charge in [0.05, 0.1) is 0 Å². The van der Waals surface area contributed by atoms with Gasteiger partial charge in [-0.2, -0.15) is 13.2 Å². The molecule has 1 aromatic heterocycles. The van der Waals surface area contributed by atoms with Gasteiger partial charge in [-0.1, -0.05) is 6.07 Å². The molecule has 0 saturated carbocycles. The molecule has 0 bridgehead atoms. The molecule has 16 heavy (non-hydrogen) atoms. The molecule has 0 aromatic carbocycles. The van der Waals surface area contributed by atoms with Crippen molar-refractivity contribution in [3.05, 3.63) is 29.6 Å². The molecule has 0 N–H and O–H groups in total. The first-order valence-corrected chi connectivity index (χ1v) is 4.51. The van der Waals surface area contributed by atoms with Crippen molar-refractivity contribution in [3.8, 4) is 0 Å². The average Bonchev–Trinajstić information content (AvgIpc) is 2.15. The highest BCUT2D eigenvalue weighted by atomic mass is 19.4. The highest BCUT2D eigenvalue weighted by molar-refractivity contribution is 5.66. The quantitative estimate of drug-likeness (QED) is 0.737. The topological polar surface area (TPSA) is 39.2 Å². The molecule has 0 amide bonds. The van der Waals surface area contributed by atoms with Crippen LogP contribution in [0, 0.1) is 0 Å². The van der Waals surface area contributed by atoms with Crippen molar-refractivity contribution >= 4 is 5.97 Å². The van der Waals surface area contributed by atoms with Gasteiger partial charge < -0.3 is 4.74 Å². The molecular formula is C10H10F3NO2. The van der Waals surface area contributed by atoms with Gasteiger partial charge >= 0.3 is 12.1 Å². The summed E-state index contributed by atoms with van der Waals surface area (Å²) < 4.78 is 41.4. The smallest absolute Gasteiger partial charge is 0.433 e. The maximum absolute atomic E-state index is 12.2. The lowest BCUT2D eigenvalue weighted by Gasteiger charge is -2.12. The molecule has 0 fully saturated rings. The molecule has 1 atom stereocenters. The van der Waals surface area contributed by atoms with Gasteiger partial charge in [0.1, 0.15) is 11.8 Å². The van der Waals surface area contributed by atoms with Crippen LogP contribution in [0.15, 0.2) is 18.3 Å². The number of nitrogens with zero attached hydrogens (tertiary/aromatic N) is 1. The van der Waals surface area contributed by atoms with Gasteiger partial charge in [0.2, 0.25) is 0 Å². The fourth-order valence-electron chi connectivity index (χ4n) is 1.13. The Morgan fingerprint density at radius 2 is 2.06 bits per heavy atom. The van der Waals surface area contributed by atoms with Gasteiger partial charge in [-0.15, -0.1) is 0 Å². The number of esters is 1. The fraction of sp³-hybridized carbons (Fsp3) is 0.400. The summed E-state index contributed by atoms with van der Waals surface area (Å²) in [5.74, 6) is -0.493. The van der Waals surface area contributed by atoms with E-state index in [1.165, 1.54) is 13.0 Å². The van der Waals surface area contributed by atoms with Crippen LogP contribution in [0.2, 0.25) is 0 Å². The molecule has 1 aromatic rings. The van der Waals surface area contributed by atoms with Crippen molar-refractivity contribution in [2.75, 3.05) is 0 Å². The normalized spacial score (nSPS) is 13.3. The molecule has 0 saturated heterocycles. The maximum Gasteiger partial charge on any atom is 0.433 e. The second-order valence-electron chi connectivity index (χ2n) is 3.23. The molecule has 1 unspecified atom stereocenters. The first-order valence-electron chi connectivity index (χ1n) is 4.51. The number of rotatable bonds is 2. The van der Waals surface area contributed by atoms with Crippen molar-refractivity contribution in [2.45, 2.75) is 26.1 Å². The predicted octanol–water partition coefficient (Wildman–Crippen LogP) is 2.72. The van der Waals surface area contributed by atoms with Crippen molar-refractivity contribution in [2.24, 2.45) is 0 Å². The molecular weight excluding hydrogens is 223 g/mol. The highest BCUT2D eigenvalue weighted by Crippen LogP contribution is 2.28. The fourth-order valence-corrected chi connectivity index (χ4v) is 1.13. The molecule has 0 radical (unpaired) electrons. The van der Waals surface area contributed by atoms with Gasteiger partial charge in [0, 0.05) is 18.7 Å². The zero-order valence-electron chi connectivity index (χ0n) is 8.71. The van der Waals surface area contributed by atoms with Gasteiger partial charge in [-0.25, -0.2) is 0 Å². The van der Waals surface area contributed by atoms with E-state index in [-0.39, 0.29) is 0 Å². The Hall–Kier alpha value is -1.59. The van der Waals surface area contributed by atoms with Crippen LogP contribution in [-0.2, 0) is 15.7 Å². The first-order chi connectivity index (χ1) is 7.30. The summed E-state index contributed by atoms with van der Waals surface area (Å²) >= 11 is 0. The summed E-state index contributed by atoms with van der Waals surface area (Å²) in [5, 5.41) is 0. The average molecular weight is 233 g/mol. The third-order valence-electron chi connectivity index (χ3n) is 1.89. The molecule has 1 heterocycles. The van der Waals surface area contributed by atoms with Crippen molar-refractivity contribution in [3.63, 3.8) is 0 Å². The van der Waals surface area contributed by atoms with E-state index in [9.17, 15) is 18.0 Å². The Kier molecular flexibility index (Phi) is 3.51. The molecule has 6 heteroatoms. The lowest BCUT2D eigenvalue weighted by molar-refractivity contribution is -0.146. The van der Waals surface area contributed by atoms with E-state index in [1.54, 1.807) is 6.92 Å². The first kappa shape index (κ1) is 12.5. The Bertz CT molecular complexity index is 373. The van der Waals surface area contributed by atoms with Crippen LogP contribution < -0.4 is 0 Å². The third-order valence-corrected chi connectivity index (χ3v) is 1.89. The van der Waals surface area contributed by atoms with Crippen LogP contribution in [0.3, 0.4) is 0 Å². The third kappa shape index (κ3) is 3.22. The molecule has 0 aliphatic carbocycles. The van der Waals surface area contributed by atoms with E-state index in [0.29, 0.717) is 5.56 Å². The summed E-state index contributed by atoms with van der Waals surface area (Å²) in [5.41, 5.74) is -0.547. The van der Waals surface area contributed by atoms with E-state index < -0.39 is 23.9 Å². The summed E-state index contributed by atoms with van der Waals surface area (Å²) in [6, 6.07) is 2.10. The van der Waals surface area contributed by atoms with E-state index >= 15 is 0 Å². The Morgan fingerprint density at radius 1 is 1.44 bits per heavy atom. The van der Waals surface area contributed by atoms with Crippen molar-refractivity contribution < 1.29 is 22.7 Å². The molecule has 1 rings (SSSR count). The monoisotopic (exact) mass is 233 g/mol. The summed E-state index contributed by atoms with van der Waals surface area (Å²) in [4.78, 5) is 13.9. The lowest BCUT2D eigenvalue weighted by atomic mass is 10.2. The van der Waals surface area contributed by atoms with Gasteiger partial charge in [0.15, 0.2) is 0 Å². The van der Waals surface area contributed by atoms with E-state index in [0.717, 1.165) is 12.3 Å². The van der Waals surface area contributed by atoms with E-state index in [4.69, 9.17) is 4.74 Å². The number of alkyl halides is 3. The second kappa shape index (κ2) is 4.51. The van der Waals surface area contributed by atoms with Crippen molar-refractivity contribution in [1.29, 1.82) is 0 Å². The molecule has 88 valence electrons. The molecule has 0 aliphatic heterocycles. The highest BCUT2D eigenvalue weighted by Gasteiger charge is 2.32. The Morgan fingerprint density at radius 3 is 2.44 bits per heavy atom. The summed E-state index contributed by atoms with van der Waals surface area (Å²) in [6.45, 7) is 2.79. The van der Waals surface area contributed by atoms with Gasteiger partial charge in [-0.05, 0) is 13.0 Å². The number of hydrogen-bond acceptors (Lipinski definition) is 3. The molecule has 3 nitrogen and oxygen atoms in total. The van der Waals surface area contributed by atoms with E-state index in [2.05, 4.69) is 4.98 Å². The van der Waals surface area contributed by atoms with E-state index in [1.807, 2.05) is 0 Å². The molecule has 0 aliphatic rings. The number of carbonyl (C=O) groups is 1. The van der Waals surface area contributed by atoms with Crippen LogP contribution in [0.1, 0.15) is 31.2 Å². The predicted molar refractivity (Wildman–Crippen MR) is 49.4 cm³/mol. The summed E-state index contributed by atoms with van der Waals surface area (Å²) in [6.07, 6.45) is -4.01. The minimum atomic E-state index is -4.46. The second-order valence-corrected chi connectivity index (χ2v) is 3.23. The number of halogens is 3. The van der Waals surface area contributed by atoms with Crippen LogP contribution in [0.4, 0.5) is 13.2 Å². The van der Waals surface area contributed by atoms with Crippen molar-refractivity contribution in [1.82, 2.24) is 4.98 Å². The zero-order chi connectivity index (χ0) is 12.3. The summed E-state index contributed by atoms with van der Waals surface area (Å²) in [7, 11) is 0.